The maximum absolute atomic E-state index is 12.0. The van der Waals surface area contributed by atoms with E-state index < -0.39 is 0 Å². The van der Waals surface area contributed by atoms with Crippen LogP contribution in [0.25, 0.3) is 0 Å². The van der Waals surface area contributed by atoms with Gasteiger partial charge in [-0.2, -0.15) is 0 Å². The van der Waals surface area contributed by atoms with E-state index in [0.717, 1.165) is 19.3 Å². The van der Waals surface area contributed by atoms with E-state index in [1.165, 1.54) is 6.42 Å². The Morgan fingerprint density at radius 1 is 1.35 bits per heavy atom. The van der Waals surface area contributed by atoms with Crippen LogP contribution in [0.3, 0.4) is 0 Å². The molecule has 96 valence electrons. The molecular weight excluding hydrogens is 216 g/mol. The van der Waals surface area contributed by atoms with Gasteiger partial charge in [-0.25, -0.2) is 0 Å². The van der Waals surface area contributed by atoms with Crippen LogP contribution in [0.5, 0.6) is 0 Å². The van der Waals surface area contributed by atoms with Gasteiger partial charge in [0.25, 0.3) is 0 Å². The monoisotopic (exact) mass is 238 g/mol. The minimum atomic E-state index is -0.310. The molecule has 0 spiro atoms. The zero-order valence-electron chi connectivity index (χ0n) is 11.0. The number of piperazine rings is 1. The zero-order chi connectivity index (χ0) is 12.6. The van der Waals surface area contributed by atoms with Gasteiger partial charge < -0.3 is 10.2 Å². The van der Waals surface area contributed by atoms with E-state index in [0.29, 0.717) is 0 Å². The fraction of sp³-hybridized carbons (Fsp3) is 0.846. The number of nitrogens with zero attached hydrogens (tertiary/aromatic N) is 1. The van der Waals surface area contributed by atoms with Gasteiger partial charge in [0, 0.05) is 6.04 Å². The number of rotatable bonds is 1. The summed E-state index contributed by atoms with van der Waals surface area (Å²) in [5.41, 5.74) is 0.289. The van der Waals surface area contributed by atoms with E-state index in [1.807, 2.05) is 11.8 Å². The minimum absolute atomic E-state index is 0.0204. The number of hydrogen-bond donors (Lipinski definition) is 1. The molecule has 2 aliphatic rings. The van der Waals surface area contributed by atoms with Crippen LogP contribution in [0.4, 0.5) is 0 Å². The predicted octanol–water partition coefficient (Wildman–Crippen LogP) is 1.30. The van der Waals surface area contributed by atoms with Crippen molar-refractivity contribution in [3.63, 3.8) is 0 Å². The van der Waals surface area contributed by atoms with E-state index in [2.05, 4.69) is 19.2 Å². The molecule has 2 unspecified atom stereocenters. The second kappa shape index (κ2) is 4.31. The van der Waals surface area contributed by atoms with Crippen LogP contribution >= 0.6 is 0 Å². The summed E-state index contributed by atoms with van der Waals surface area (Å²) in [7, 11) is 0. The summed E-state index contributed by atoms with van der Waals surface area (Å²) in [5.74, 6) is 0.0489. The molecule has 1 N–H and O–H groups in total. The molecule has 17 heavy (non-hydrogen) atoms. The average Bonchev–Trinajstić information content (AvgIpc) is 2.23. The van der Waals surface area contributed by atoms with Crippen LogP contribution in [-0.2, 0) is 9.59 Å². The van der Waals surface area contributed by atoms with Crippen LogP contribution in [0, 0.1) is 5.41 Å². The van der Waals surface area contributed by atoms with Crippen molar-refractivity contribution in [2.75, 3.05) is 6.54 Å². The zero-order valence-corrected chi connectivity index (χ0v) is 11.0. The Morgan fingerprint density at radius 3 is 2.71 bits per heavy atom. The van der Waals surface area contributed by atoms with E-state index in [-0.39, 0.29) is 35.9 Å². The maximum Gasteiger partial charge on any atom is 0.242 e. The van der Waals surface area contributed by atoms with Gasteiger partial charge in [-0.3, -0.25) is 9.59 Å². The Labute approximate surface area is 103 Å². The summed E-state index contributed by atoms with van der Waals surface area (Å²) in [6.45, 7) is 6.49. The molecule has 4 heteroatoms. The third-order valence-electron chi connectivity index (χ3n) is 4.07. The average molecular weight is 238 g/mol. The molecule has 1 saturated carbocycles. The van der Waals surface area contributed by atoms with Crippen molar-refractivity contribution >= 4 is 11.8 Å². The second-order valence-electron chi connectivity index (χ2n) is 6.11. The van der Waals surface area contributed by atoms with E-state index >= 15 is 0 Å². The summed E-state index contributed by atoms with van der Waals surface area (Å²) in [6.07, 6.45) is 4.41. The van der Waals surface area contributed by atoms with Crippen LogP contribution in [0.1, 0.15) is 46.5 Å². The summed E-state index contributed by atoms with van der Waals surface area (Å²) in [5, 5.41) is 2.64. The highest BCUT2D eigenvalue weighted by Gasteiger charge is 2.39. The minimum Gasteiger partial charge on any atom is -0.345 e. The molecule has 1 heterocycles. The van der Waals surface area contributed by atoms with Crippen molar-refractivity contribution in [2.24, 2.45) is 5.41 Å². The van der Waals surface area contributed by atoms with Crippen molar-refractivity contribution in [3.8, 4) is 0 Å². The van der Waals surface area contributed by atoms with Gasteiger partial charge in [-0.1, -0.05) is 20.3 Å². The Hall–Kier alpha value is -1.06. The van der Waals surface area contributed by atoms with Crippen LogP contribution in [0.2, 0.25) is 0 Å². The molecule has 2 rings (SSSR count). The van der Waals surface area contributed by atoms with Crippen molar-refractivity contribution < 1.29 is 9.59 Å². The molecule has 1 saturated heterocycles. The van der Waals surface area contributed by atoms with Gasteiger partial charge in [0.15, 0.2) is 0 Å². The van der Waals surface area contributed by atoms with E-state index in [9.17, 15) is 9.59 Å². The first-order valence-electron chi connectivity index (χ1n) is 6.49. The molecule has 1 aliphatic heterocycles. The van der Waals surface area contributed by atoms with Gasteiger partial charge >= 0.3 is 0 Å². The van der Waals surface area contributed by atoms with Gasteiger partial charge in [-0.15, -0.1) is 0 Å². The summed E-state index contributed by atoms with van der Waals surface area (Å²) < 4.78 is 0. The number of hydrogen-bond acceptors (Lipinski definition) is 2. The number of carbonyl (C=O) groups is 2. The van der Waals surface area contributed by atoms with Crippen LogP contribution in [-0.4, -0.2) is 35.3 Å². The first-order chi connectivity index (χ1) is 7.91. The van der Waals surface area contributed by atoms with Crippen LogP contribution in [0.15, 0.2) is 0 Å². The smallest absolute Gasteiger partial charge is 0.242 e. The predicted molar refractivity (Wildman–Crippen MR) is 65.4 cm³/mol. The molecule has 4 nitrogen and oxygen atoms in total. The molecular formula is C13H22N2O2. The highest BCUT2D eigenvalue weighted by Crippen LogP contribution is 2.38. The van der Waals surface area contributed by atoms with Crippen molar-refractivity contribution in [1.82, 2.24) is 10.2 Å². The van der Waals surface area contributed by atoms with Gasteiger partial charge in [-0.05, 0) is 31.6 Å². The summed E-state index contributed by atoms with van der Waals surface area (Å²) >= 11 is 0. The number of carbonyl (C=O) groups excluding carboxylic acids is 2. The van der Waals surface area contributed by atoms with Crippen LogP contribution < -0.4 is 5.32 Å². The molecule has 0 aromatic carbocycles. The standard InChI is InChI=1S/C13H22N2O2/c1-9-12(17)14-8-11(16)15(9)10-5-4-6-13(2,3)7-10/h9-10H,4-8H2,1-3H3,(H,14,17). The van der Waals surface area contributed by atoms with Gasteiger partial charge in [0.2, 0.25) is 11.8 Å². The molecule has 1 aliphatic carbocycles. The summed E-state index contributed by atoms with van der Waals surface area (Å²) in [6, 6.07) is -0.0672. The lowest BCUT2D eigenvalue weighted by atomic mass is 9.74. The molecule has 2 amide bonds. The van der Waals surface area contributed by atoms with Crippen molar-refractivity contribution in [3.05, 3.63) is 0 Å². The molecule has 0 aromatic heterocycles. The molecule has 0 bridgehead atoms. The Bertz CT molecular complexity index is 338. The maximum atomic E-state index is 12.0. The first kappa shape index (κ1) is 12.4. The van der Waals surface area contributed by atoms with Crippen molar-refractivity contribution in [1.29, 1.82) is 0 Å². The summed E-state index contributed by atoms with van der Waals surface area (Å²) in [4.78, 5) is 25.4. The lowest BCUT2D eigenvalue weighted by Gasteiger charge is -2.45. The molecule has 2 atom stereocenters. The van der Waals surface area contributed by atoms with Crippen molar-refractivity contribution in [2.45, 2.75) is 58.5 Å². The van der Waals surface area contributed by atoms with Gasteiger partial charge in [0.05, 0.1) is 6.54 Å². The van der Waals surface area contributed by atoms with E-state index in [1.54, 1.807) is 0 Å². The molecule has 0 radical (unpaired) electrons. The number of amides is 2. The highest BCUT2D eigenvalue weighted by atomic mass is 16.2. The fourth-order valence-electron chi connectivity index (χ4n) is 3.16. The molecule has 0 aromatic rings. The Morgan fingerprint density at radius 2 is 2.06 bits per heavy atom. The highest BCUT2D eigenvalue weighted by molar-refractivity contribution is 5.94. The third-order valence-corrected chi connectivity index (χ3v) is 4.07. The third kappa shape index (κ3) is 2.45. The quantitative estimate of drug-likeness (QED) is 0.748. The largest absolute Gasteiger partial charge is 0.345 e. The SMILES string of the molecule is CC1C(=O)NCC(=O)N1C1CCCC(C)(C)C1. The Kier molecular flexibility index (Phi) is 3.15. The lowest BCUT2D eigenvalue weighted by molar-refractivity contribution is -0.149. The first-order valence-corrected chi connectivity index (χ1v) is 6.49. The van der Waals surface area contributed by atoms with Gasteiger partial charge in [0.1, 0.15) is 6.04 Å². The lowest BCUT2D eigenvalue weighted by Crippen LogP contribution is -2.61. The molecule has 2 fully saturated rings. The van der Waals surface area contributed by atoms with E-state index in [4.69, 9.17) is 0 Å². The topological polar surface area (TPSA) is 49.4 Å². The Balaban J connectivity index is 2.14. The number of nitrogens with one attached hydrogen (secondary N) is 1. The second-order valence-corrected chi connectivity index (χ2v) is 6.11. The fourth-order valence-corrected chi connectivity index (χ4v) is 3.16. The normalized spacial score (nSPS) is 33.5.